The van der Waals surface area contributed by atoms with E-state index in [1.807, 2.05) is 26.0 Å². The van der Waals surface area contributed by atoms with E-state index in [9.17, 15) is 19.8 Å². The van der Waals surface area contributed by atoms with Crippen molar-refractivity contribution < 1.29 is 19.8 Å². The van der Waals surface area contributed by atoms with E-state index < -0.39 is 17.7 Å². The van der Waals surface area contributed by atoms with E-state index >= 15 is 0 Å². The molecule has 4 rings (SSSR count). The largest absolute Gasteiger partial charge is 0.507 e. The van der Waals surface area contributed by atoms with Crippen molar-refractivity contribution in [2.45, 2.75) is 19.9 Å². The summed E-state index contributed by atoms with van der Waals surface area (Å²) in [5.74, 6) is -2.00. The molecule has 1 fully saturated rings. The van der Waals surface area contributed by atoms with Crippen LogP contribution in [-0.2, 0) is 9.59 Å². The molecular weight excluding hydrogens is 449 g/mol. The van der Waals surface area contributed by atoms with Crippen LogP contribution in [0.2, 0.25) is 10.0 Å². The molecule has 1 heterocycles. The minimum Gasteiger partial charge on any atom is -0.507 e. The van der Waals surface area contributed by atoms with E-state index in [4.69, 9.17) is 23.2 Å². The molecule has 5 nitrogen and oxygen atoms in total. The Labute approximate surface area is 195 Å². The number of aryl methyl sites for hydroxylation is 2. The number of nitrogens with zero attached hydrogens (tertiary/aromatic N) is 1. The van der Waals surface area contributed by atoms with Crippen molar-refractivity contribution in [2.24, 2.45) is 0 Å². The monoisotopic (exact) mass is 467 g/mol. The zero-order valence-corrected chi connectivity index (χ0v) is 18.8. The van der Waals surface area contributed by atoms with Crippen molar-refractivity contribution in [1.29, 1.82) is 0 Å². The zero-order valence-electron chi connectivity index (χ0n) is 17.3. The fourth-order valence-electron chi connectivity index (χ4n) is 3.85. The lowest BCUT2D eigenvalue weighted by molar-refractivity contribution is -0.132. The Hall–Kier alpha value is -3.28. The first kappa shape index (κ1) is 21.9. The summed E-state index contributed by atoms with van der Waals surface area (Å²) < 4.78 is 0. The first-order chi connectivity index (χ1) is 15.2. The van der Waals surface area contributed by atoms with Crippen molar-refractivity contribution in [1.82, 2.24) is 0 Å². The van der Waals surface area contributed by atoms with Crippen molar-refractivity contribution in [2.75, 3.05) is 4.90 Å². The van der Waals surface area contributed by atoms with Crippen molar-refractivity contribution in [3.63, 3.8) is 0 Å². The Morgan fingerprint density at radius 1 is 0.938 bits per heavy atom. The maximum atomic E-state index is 13.2. The van der Waals surface area contributed by atoms with Gasteiger partial charge in [-0.2, -0.15) is 0 Å². The molecule has 1 atom stereocenters. The standard InChI is InChI=1S/C25H19Cl2NO4/c1-13-3-4-14(2)18(11-13)23(30)21-22(15-5-10-20(29)19(27)12-15)28(25(32)24(21)31)17-8-6-16(26)7-9-17/h3-12,22,29-30H,1-2H3/b23-21+. The zero-order chi connectivity index (χ0) is 23.2. The van der Waals surface area contributed by atoms with Gasteiger partial charge in [-0.1, -0.05) is 47.0 Å². The van der Waals surface area contributed by atoms with Crippen LogP contribution in [0.4, 0.5) is 5.69 Å². The lowest BCUT2D eigenvalue weighted by Gasteiger charge is -2.26. The molecule has 1 unspecified atom stereocenters. The summed E-state index contributed by atoms with van der Waals surface area (Å²) in [6.07, 6.45) is 0. The molecule has 1 saturated heterocycles. The first-order valence-corrected chi connectivity index (χ1v) is 10.6. The minimum absolute atomic E-state index is 0.0552. The van der Waals surface area contributed by atoms with Gasteiger partial charge >= 0.3 is 0 Å². The second kappa shape index (κ2) is 8.34. The number of hydrogen-bond donors (Lipinski definition) is 2. The summed E-state index contributed by atoms with van der Waals surface area (Å²) in [5, 5.41) is 21.7. The van der Waals surface area contributed by atoms with Crippen molar-refractivity contribution in [3.05, 3.63) is 98.5 Å². The van der Waals surface area contributed by atoms with Crippen LogP contribution >= 0.6 is 23.2 Å². The third kappa shape index (κ3) is 3.74. The number of aliphatic hydroxyl groups excluding tert-OH is 1. The Kier molecular flexibility index (Phi) is 5.71. The number of Topliss-reactive ketones (excluding diaryl/α,β-unsaturated/α-hetero) is 1. The summed E-state index contributed by atoms with van der Waals surface area (Å²) in [6, 6.07) is 15.5. The molecule has 0 bridgehead atoms. The highest BCUT2D eigenvalue weighted by Crippen LogP contribution is 2.44. The molecule has 3 aromatic carbocycles. The normalized spacial score (nSPS) is 17.8. The van der Waals surface area contributed by atoms with Crippen LogP contribution in [0.25, 0.3) is 5.76 Å². The molecule has 1 aliphatic heterocycles. The van der Waals surface area contributed by atoms with Crippen LogP contribution in [0.5, 0.6) is 5.75 Å². The SMILES string of the molecule is Cc1ccc(C)c(/C(O)=C2\C(=O)C(=O)N(c3ccc(Cl)cc3)C2c2ccc(O)c(Cl)c2)c1. The first-order valence-electron chi connectivity index (χ1n) is 9.81. The lowest BCUT2D eigenvalue weighted by atomic mass is 9.93. The topological polar surface area (TPSA) is 77.8 Å². The van der Waals surface area contributed by atoms with E-state index in [-0.39, 0.29) is 22.1 Å². The lowest BCUT2D eigenvalue weighted by Crippen LogP contribution is -2.29. The second-order valence-electron chi connectivity index (χ2n) is 7.67. The molecule has 2 N–H and O–H groups in total. The number of carbonyl (C=O) groups excluding carboxylic acids is 2. The molecule has 0 aliphatic carbocycles. The number of benzene rings is 3. The molecule has 7 heteroatoms. The summed E-state index contributed by atoms with van der Waals surface area (Å²) >= 11 is 12.1. The van der Waals surface area contributed by atoms with Gasteiger partial charge in [0.15, 0.2) is 0 Å². The van der Waals surface area contributed by atoms with Crippen LogP contribution in [0.15, 0.2) is 66.2 Å². The third-order valence-electron chi connectivity index (χ3n) is 5.48. The number of aromatic hydroxyl groups is 1. The predicted molar refractivity (Wildman–Crippen MR) is 125 cm³/mol. The van der Waals surface area contributed by atoms with E-state index in [0.29, 0.717) is 21.8 Å². The highest BCUT2D eigenvalue weighted by atomic mass is 35.5. The Morgan fingerprint density at radius 2 is 1.62 bits per heavy atom. The maximum absolute atomic E-state index is 13.2. The number of hydrogen-bond acceptors (Lipinski definition) is 4. The number of aliphatic hydroxyl groups is 1. The molecule has 0 saturated carbocycles. The van der Waals surface area contributed by atoms with E-state index in [2.05, 4.69) is 0 Å². The van der Waals surface area contributed by atoms with Crippen LogP contribution in [0.1, 0.15) is 28.3 Å². The maximum Gasteiger partial charge on any atom is 0.300 e. The van der Waals surface area contributed by atoms with Gasteiger partial charge in [0.1, 0.15) is 11.5 Å². The quantitative estimate of drug-likeness (QED) is 0.283. The Bertz CT molecular complexity index is 1280. The van der Waals surface area contributed by atoms with Crippen LogP contribution in [0.3, 0.4) is 0 Å². The summed E-state index contributed by atoms with van der Waals surface area (Å²) in [5.41, 5.74) is 2.97. The second-order valence-corrected chi connectivity index (χ2v) is 8.52. The fraction of sp³-hybridized carbons (Fsp3) is 0.120. The smallest absolute Gasteiger partial charge is 0.300 e. The molecule has 0 spiro atoms. The van der Waals surface area contributed by atoms with E-state index in [1.54, 1.807) is 36.4 Å². The summed E-state index contributed by atoms with van der Waals surface area (Å²) in [6.45, 7) is 3.69. The van der Waals surface area contributed by atoms with Gasteiger partial charge in [0.2, 0.25) is 0 Å². The molecule has 3 aromatic rings. The molecule has 0 aromatic heterocycles. The van der Waals surface area contributed by atoms with Crippen LogP contribution in [0, 0.1) is 13.8 Å². The number of rotatable bonds is 3. The Morgan fingerprint density at radius 3 is 2.28 bits per heavy atom. The van der Waals surface area contributed by atoms with E-state index in [1.165, 1.54) is 17.0 Å². The van der Waals surface area contributed by atoms with Crippen molar-refractivity contribution >= 4 is 46.3 Å². The van der Waals surface area contributed by atoms with Crippen molar-refractivity contribution in [3.8, 4) is 5.75 Å². The number of ketones is 1. The van der Waals surface area contributed by atoms with Gasteiger partial charge < -0.3 is 10.2 Å². The number of amides is 1. The molecule has 0 radical (unpaired) electrons. The van der Waals surface area contributed by atoms with Gasteiger partial charge in [0, 0.05) is 16.3 Å². The van der Waals surface area contributed by atoms with Gasteiger partial charge in [0.05, 0.1) is 16.6 Å². The van der Waals surface area contributed by atoms with Gasteiger partial charge in [-0.3, -0.25) is 14.5 Å². The number of phenols is 1. The number of phenolic OH excluding ortho intramolecular Hbond substituents is 1. The summed E-state index contributed by atoms with van der Waals surface area (Å²) in [7, 11) is 0. The predicted octanol–water partition coefficient (Wildman–Crippen LogP) is 5.94. The number of halogens is 2. The molecule has 32 heavy (non-hydrogen) atoms. The van der Waals surface area contributed by atoms with Crippen LogP contribution < -0.4 is 4.90 Å². The molecular formula is C25H19Cl2NO4. The molecule has 1 aliphatic rings. The average Bonchev–Trinajstić information content (AvgIpc) is 3.03. The van der Waals surface area contributed by atoms with Gasteiger partial charge in [0.25, 0.3) is 11.7 Å². The van der Waals surface area contributed by atoms with Gasteiger partial charge in [-0.05, 0) is 67.4 Å². The number of carbonyl (C=O) groups is 2. The highest BCUT2D eigenvalue weighted by molar-refractivity contribution is 6.51. The highest BCUT2D eigenvalue weighted by Gasteiger charge is 2.47. The Balaban J connectivity index is 1.99. The third-order valence-corrected chi connectivity index (χ3v) is 6.04. The number of anilines is 1. The van der Waals surface area contributed by atoms with Crippen LogP contribution in [-0.4, -0.2) is 21.9 Å². The summed E-state index contributed by atoms with van der Waals surface area (Å²) in [4.78, 5) is 27.6. The van der Waals surface area contributed by atoms with Gasteiger partial charge in [-0.15, -0.1) is 0 Å². The average molecular weight is 468 g/mol. The van der Waals surface area contributed by atoms with E-state index in [0.717, 1.165) is 11.1 Å². The molecule has 1 amide bonds. The van der Waals surface area contributed by atoms with Gasteiger partial charge in [-0.25, -0.2) is 0 Å². The fourth-order valence-corrected chi connectivity index (χ4v) is 4.16. The molecule has 162 valence electrons. The minimum atomic E-state index is -0.950.